The second-order valence-corrected chi connectivity index (χ2v) is 8.20. The van der Waals surface area contributed by atoms with Crippen molar-refractivity contribution in [2.45, 2.75) is 70.6 Å². The van der Waals surface area contributed by atoms with E-state index >= 15 is 0 Å². The van der Waals surface area contributed by atoms with Crippen molar-refractivity contribution in [1.82, 2.24) is 10.6 Å². The molecule has 1 aromatic carbocycles. The summed E-state index contributed by atoms with van der Waals surface area (Å²) in [5.74, 6) is -2.17. The molecule has 1 saturated heterocycles. The van der Waals surface area contributed by atoms with Crippen LogP contribution in [0.4, 0.5) is 23.7 Å². The van der Waals surface area contributed by atoms with Crippen molar-refractivity contribution in [3.63, 3.8) is 0 Å². The van der Waals surface area contributed by atoms with Crippen LogP contribution in [-0.4, -0.2) is 29.7 Å². The zero-order chi connectivity index (χ0) is 22.1. The van der Waals surface area contributed by atoms with Crippen LogP contribution >= 0.6 is 0 Å². The number of hydrogen-bond acceptors (Lipinski definition) is 3. The minimum atomic E-state index is -5.20. The van der Waals surface area contributed by atoms with Gasteiger partial charge in [-0.3, -0.25) is 14.9 Å². The molecular formula is C21H26F3N3O3. The van der Waals surface area contributed by atoms with Crippen LogP contribution in [0.1, 0.15) is 56.1 Å². The first kappa shape index (κ1) is 22.1. The minimum absolute atomic E-state index is 0.0469. The lowest BCUT2D eigenvalue weighted by Crippen LogP contribution is -2.69. The van der Waals surface area contributed by atoms with E-state index in [1.165, 1.54) is 6.07 Å². The van der Waals surface area contributed by atoms with Crippen LogP contribution in [0.5, 0.6) is 0 Å². The first-order valence-electron chi connectivity index (χ1n) is 10.2. The Bertz CT molecular complexity index is 850. The molecule has 1 aliphatic carbocycles. The highest BCUT2D eigenvalue weighted by Gasteiger charge is 2.69. The molecule has 30 heavy (non-hydrogen) atoms. The summed E-state index contributed by atoms with van der Waals surface area (Å²) in [7, 11) is 0. The predicted molar refractivity (Wildman–Crippen MR) is 105 cm³/mol. The van der Waals surface area contributed by atoms with Crippen molar-refractivity contribution >= 4 is 23.5 Å². The smallest absolute Gasteiger partial charge is 0.318 e. The van der Waals surface area contributed by atoms with E-state index in [4.69, 9.17) is 0 Å². The molecule has 164 valence electrons. The van der Waals surface area contributed by atoms with E-state index in [0.717, 1.165) is 37.7 Å². The monoisotopic (exact) mass is 425 g/mol. The molecule has 1 atom stereocenters. The van der Waals surface area contributed by atoms with Crippen molar-refractivity contribution in [3.8, 4) is 0 Å². The van der Waals surface area contributed by atoms with Crippen molar-refractivity contribution in [3.05, 3.63) is 29.3 Å². The SMILES string of the molecule is Cc1ccc(N2C(=O)NC(NC(=O)CCC3CCCCC3)(C(F)(F)F)C2=O)c(C)c1. The summed E-state index contributed by atoms with van der Waals surface area (Å²) in [6, 6.07) is 3.45. The summed E-state index contributed by atoms with van der Waals surface area (Å²) in [5, 5.41) is 3.49. The highest BCUT2D eigenvalue weighted by atomic mass is 19.4. The maximum atomic E-state index is 14.0. The number of anilines is 1. The Morgan fingerprint density at radius 3 is 2.47 bits per heavy atom. The van der Waals surface area contributed by atoms with E-state index in [1.807, 2.05) is 0 Å². The fourth-order valence-electron chi connectivity index (χ4n) is 4.24. The quantitative estimate of drug-likeness (QED) is 0.698. The number of carbonyl (C=O) groups is 3. The van der Waals surface area contributed by atoms with Crippen LogP contribution in [0.25, 0.3) is 0 Å². The van der Waals surface area contributed by atoms with E-state index in [-0.39, 0.29) is 12.1 Å². The molecule has 0 radical (unpaired) electrons. The molecule has 1 saturated carbocycles. The first-order chi connectivity index (χ1) is 14.0. The average Bonchev–Trinajstić information content (AvgIpc) is 2.92. The number of rotatable bonds is 5. The molecule has 1 unspecified atom stereocenters. The summed E-state index contributed by atoms with van der Waals surface area (Å²) in [5.41, 5.74) is -2.11. The van der Waals surface area contributed by atoms with Gasteiger partial charge in [0.15, 0.2) is 0 Å². The van der Waals surface area contributed by atoms with E-state index in [2.05, 4.69) is 0 Å². The van der Waals surface area contributed by atoms with E-state index in [9.17, 15) is 27.6 Å². The maximum Gasteiger partial charge on any atom is 0.440 e. The first-order valence-corrected chi connectivity index (χ1v) is 10.2. The fourth-order valence-corrected chi connectivity index (χ4v) is 4.24. The third-order valence-corrected chi connectivity index (χ3v) is 5.87. The molecule has 1 aliphatic heterocycles. The molecule has 4 amide bonds. The van der Waals surface area contributed by atoms with Gasteiger partial charge in [-0.05, 0) is 37.8 Å². The van der Waals surface area contributed by atoms with E-state index in [0.29, 0.717) is 22.8 Å². The number of urea groups is 1. The molecule has 3 rings (SSSR count). The maximum absolute atomic E-state index is 14.0. The molecule has 2 fully saturated rings. The van der Waals surface area contributed by atoms with Gasteiger partial charge in [0, 0.05) is 6.42 Å². The molecule has 1 heterocycles. The number of amides is 4. The zero-order valence-corrected chi connectivity index (χ0v) is 17.1. The number of halogens is 3. The Labute approximate surface area is 173 Å². The molecule has 0 spiro atoms. The Morgan fingerprint density at radius 2 is 1.87 bits per heavy atom. The van der Waals surface area contributed by atoms with Crippen LogP contribution < -0.4 is 15.5 Å². The average molecular weight is 425 g/mol. The van der Waals surface area contributed by atoms with Crippen molar-refractivity contribution in [2.75, 3.05) is 4.90 Å². The number of aryl methyl sites for hydroxylation is 2. The van der Waals surface area contributed by atoms with E-state index < -0.39 is 29.7 Å². The summed E-state index contributed by atoms with van der Waals surface area (Å²) in [6.07, 6.45) is 0.276. The number of benzene rings is 1. The third kappa shape index (κ3) is 4.15. The standard InChI is InChI=1S/C21H26F3N3O3/c1-13-8-10-16(14(2)12-13)27-18(29)20(21(22,23)24,26-19(27)30)25-17(28)11-9-15-6-4-3-5-7-15/h8,10,12,15H,3-7,9,11H2,1-2H3,(H,25,28)(H,26,30). The number of hydrogen-bond donors (Lipinski definition) is 2. The Balaban J connectivity index is 1.81. The summed E-state index contributed by atoms with van der Waals surface area (Å²) in [6.45, 7) is 3.38. The lowest BCUT2D eigenvalue weighted by molar-refractivity contribution is -0.201. The van der Waals surface area contributed by atoms with E-state index in [1.54, 1.807) is 36.6 Å². The Morgan fingerprint density at radius 1 is 1.20 bits per heavy atom. The van der Waals surface area contributed by atoms with Crippen LogP contribution in [0.15, 0.2) is 18.2 Å². The number of nitrogens with zero attached hydrogens (tertiary/aromatic N) is 1. The van der Waals surface area contributed by atoms with Gasteiger partial charge < -0.3 is 5.32 Å². The van der Waals surface area contributed by atoms with Crippen molar-refractivity contribution in [2.24, 2.45) is 5.92 Å². The number of imide groups is 1. The topological polar surface area (TPSA) is 78.5 Å². The second kappa shape index (κ2) is 8.28. The van der Waals surface area contributed by atoms with Gasteiger partial charge in [-0.15, -0.1) is 0 Å². The van der Waals surface area contributed by atoms with Crippen LogP contribution in [0.2, 0.25) is 0 Å². The number of nitrogens with one attached hydrogen (secondary N) is 2. The van der Waals surface area contributed by atoms with Gasteiger partial charge in [-0.25, -0.2) is 9.69 Å². The third-order valence-electron chi connectivity index (χ3n) is 5.87. The molecule has 1 aromatic rings. The van der Waals surface area contributed by atoms with Crippen LogP contribution in [0, 0.1) is 19.8 Å². The molecule has 0 aromatic heterocycles. The van der Waals surface area contributed by atoms with Gasteiger partial charge in [0.2, 0.25) is 5.91 Å². The zero-order valence-electron chi connectivity index (χ0n) is 17.1. The highest BCUT2D eigenvalue weighted by molar-refractivity contribution is 6.24. The van der Waals surface area contributed by atoms with Gasteiger partial charge in [-0.1, -0.05) is 49.8 Å². The number of carbonyl (C=O) groups excluding carboxylic acids is 3. The molecule has 2 aliphatic rings. The molecule has 0 bridgehead atoms. The fraction of sp³-hybridized carbons (Fsp3) is 0.571. The lowest BCUT2D eigenvalue weighted by Gasteiger charge is -2.30. The van der Waals surface area contributed by atoms with Crippen LogP contribution in [-0.2, 0) is 9.59 Å². The van der Waals surface area contributed by atoms with Crippen LogP contribution in [0.3, 0.4) is 0 Å². The minimum Gasteiger partial charge on any atom is -0.318 e. The predicted octanol–water partition coefficient (Wildman–Crippen LogP) is 4.09. The Kier molecular flexibility index (Phi) is 6.10. The van der Waals surface area contributed by atoms with Crippen molar-refractivity contribution in [1.29, 1.82) is 0 Å². The van der Waals surface area contributed by atoms with Crippen molar-refractivity contribution < 1.29 is 27.6 Å². The summed E-state index contributed by atoms with van der Waals surface area (Å²) in [4.78, 5) is 38.1. The van der Waals surface area contributed by atoms with Gasteiger partial charge >= 0.3 is 12.2 Å². The Hall–Kier alpha value is -2.58. The normalized spacial score (nSPS) is 22.9. The molecule has 6 nitrogen and oxygen atoms in total. The second-order valence-electron chi connectivity index (χ2n) is 8.20. The molecule has 2 N–H and O–H groups in total. The van der Waals surface area contributed by atoms with Gasteiger partial charge in [0.25, 0.3) is 11.6 Å². The summed E-state index contributed by atoms with van der Waals surface area (Å²) >= 11 is 0. The number of alkyl halides is 3. The largest absolute Gasteiger partial charge is 0.440 e. The molecule has 9 heteroatoms. The lowest BCUT2D eigenvalue weighted by atomic mass is 9.86. The van der Waals surface area contributed by atoms with Gasteiger partial charge in [0.05, 0.1) is 5.69 Å². The van der Waals surface area contributed by atoms with Gasteiger partial charge in [0.1, 0.15) is 0 Å². The summed E-state index contributed by atoms with van der Waals surface area (Å²) < 4.78 is 41.9. The molecular weight excluding hydrogens is 399 g/mol. The van der Waals surface area contributed by atoms with Gasteiger partial charge in [-0.2, -0.15) is 13.2 Å². The highest BCUT2D eigenvalue weighted by Crippen LogP contribution is 2.37.